The molecule has 1 aromatic heterocycles. The molecule has 3 aromatic rings. The quantitative estimate of drug-likeness (QED) is 0.300. The first-order valence-corrected chi connectivity index (χ1v) is 13.0. The Morgan fingerprint density at radius 3 is 2.46 bits per heavy atom. The van der Waals surface area contributed by atoms with Gasteiger partial charge >= 0.3 is 0 Å². The van der Waals surface area contributed by atoms with Gasteiger partial charge in [0.05, 0.1) is 57.0 Å². The third-order valence-corrected chi connectivity index (χ3v) is 7.25. The average Bonchev–Trinajstić information content (AvgIpc) is 2.91. The van der Waals surface area contributed by atoms with Crippen molar-refractivity contribution in [2.24, 2.45) is 4.99 Å². The Bertz CT molecular complexity index is 1600. The Morgan fingerprint density at radius 1 is 0.892 bits per heavy atom. The topological polar surface area (TPSA) is 75.3 Å². The zero-order valence-electron chi connectivity index (χ0n) is 21.2. The molecule has 37 heavy (non-hydrogen) atoms. The number of hydrogen-bond donors (Lipinski definition) is 2. The average molecular weight is 490 g/mol. The van der Waals surface area contributed by atoms with Crippen molar-refractivity contribution in [1.29, 1.82) is 0 Å². The lowest BCUT2D eigenvalue weighted by atomic mass is 9.93. The zero-order valence-corrected chi connectivity index (χ0v) is 21.2. The first kappa shape index (κ1) is 23.4. The number of nitrogens with zero attached hydrogens (tertiary/aromatic N) is 4. The standard InChI is InChI=1S/C31H31N5O/c1-20-9-13-23(14-10-20)36-30-8-4-3-6-26(30)35-29-18-27(34-25-7-5-17-32-21(25)2)28(19-31(29)36)33-22-11-15-24(37)16-12-22/h3-10,13-14,17-19,22,24,34,37H,11-12,15-16H2,1-2H3. The number of hydrogen-bond acceptors (Lipinski definition) is 5. The lowest BCUT2D eigenvalue weighted by Crippen LogP contribution is -2.24. The lowest BCUT2D eigenvalue weighted by molar-refractivity contribution is 0.123. The highest BCUT2D eigenvalue weighted by atomic mass is 16.3. The number of para-hydroxylation sites is 2. The molecule has 0 radical (unpaired) electrons. The molecule has 0 atom stereocenters. The number of aliphatic hydroxyl groups is 1. The summed E-state index contributed by atoms with van der Waals surface area (Å²) in [7, 11) is 0. The van der Waals surface area contributed by atoms with E-state index in [4.69, 9.17) is 9.98 Å². The lowest BCUT2D eigenvalue weighted by Gasteiger charge is -2.23. The number of rotatable bonds is 4. The molecule has 6 heteroatoms. The molecular formula is C31H31N5O. The molecule has 6 rings (SSSR count). The zero-order chi connectivity index (χ0) is 25.4. The molecule has 2 heterocycles. The minimum Gasteiger partial charge on any atom is -0.393 e. The molecule has 1 fully saturated rings. The van der Waals surface area contributed by atoms with Crippen molar-refractivity contribution in [2.45, 2.75) is 51.7 Å². The van der Waals surface area contributed by atoms with Gasteiger partial charge in [-0.2, -0.15) is 0 Å². The molecule has 1 saturated carbocycles. The number of benzene rings is 3. The van der Waals surface area contributed by atoms with Gasteiger partial charge in [0.15, 0.2) is 0 Å². The van der Waals surface area contributed by atoms with E-state index in [0.29, 0.717) is 0 Å². The van der Waals surface area contributed by atoms with Gasteiger partial charge in [-0.1, -0.05) is 29.8 Å². The maximum Gasteiger partial charge on any atom is 0.0900 e. The largest absolute Gasteiger partial charge is 0.393 e. The van der Waals surface area contributed by atoms with E-state index in [0.717, 1.165) is 76.2 Å². The van der Waals surface area contributed by atoms with E-state index >= 15 is 0 Å². The fraction of sp³-hybridized carbons (Fsp3) is 0.258. The van der Waals surface area contributed by atoms with Crippen LogP contribution in [0.1, 0.15) is 36.9 Å². The van der Waals surface area contributed by atoms with Crippen LogP contribution in [-0.4, -0.2) is 31.8 Å². The summed E-state index contributed by atoms with van der Waals surface area (Å²) >= 11 is 0. The van der Waals surface area contributed by atoms with Crippen LogP contribution in [-0.2, 0) is 0 Å². The van der Waals surface area contributed by atoms with Crippen LogP contribution < -0.4 is 10.7 Å². The first-order valence-electron chi connectivity index (χ1n) is 13.0. The number of anilines is 2. The van der Waals surface area contributed by atoms with E-state index in [-0.39, 0.29) is 12.1 Å². The van der Waals surface area contributed by atoms with E-state index in [2.05, 4.69) is 76.4 Å². The molecule has 0 saturated heterocycles. The summed E-state index contributed by atoms with van der Waals surface area (Å²) in [6, 6.07) is 25.3. The van der Waals surface area contributed by atoms with Gasteiger partial charge in [-0.25, -0.2) is 4.98 Å². The summed E-state index contributed by atoms with van der Waals surface area (Å²) in [6.45, 7) is 4.10. The second kappa shape index (κ2) is 9.79. The Labute approximate surface area is 216 Å². The van der Waals surface area contributed by atoms with Crippen LogP contribution in [0.5, 0.6) is 0 Å². The Morgan fingerprint density at radius 2 is 1.68 bits per heavy atom. The van der Waals surface area contributed by atoms with E-state index in [1.165, 1.54) is 5.56 Å². The van der Waals surface area contributed by atoms with Crippen LogP contribution in [0.2, 0.25) is 0 Å². The SMILES string of the molecule is Cc1ccc(-n2c3cc(=NC4CCC(O)CC4)c(Nc4cccnc4C)cc-3nc3ccccc32)cc1. The highest BCUT2D eigenvalue weighted by Crippen LogP contribution is 2.31. The number of aryl methyl sites for hydroxylation is 2. The van der Waals surface area contributed by atoms with Gasteiger partial charge < -0.3 is 15.0 Å². The summed E-state index contributed by atoms with van der Waals surface area (Å²) in [4.78, 5) is 14.7. The number of aliphatic hydroxyl groups excluding tert-OH is 1. The minimum atomic E-state index is -0.210. The first-order chi connectivity index (χ1) is 18.0. The van der Waals surface area contributed by atoms with Crippen molar-refractivity contribution in [3.05, 3.63) is 95.6 Å². The maximum atomic E-state index is 10.0. The van der Waals surface area contributed by atoms with Crippen LogP contribution in [0.25, 0.3) is 28.1 Å². The summed E-state index contributed by atoms with van der Waals surface area (Å²) in [5.74, 6) is 0. The molecule has 2 N–H and O–H groups in total. The van der Waals surface area contributed by atoms with Crippen molar-refractivity contribution in [1.82, 2.24) is 14.5 Å². The van der Waals surface area contributed by atoms with E-state index < -0.39 is 0 Å². The summed E-state index contributed by atoms with van der Waals surface area (Å²) < 4.78 is 2.28. The Hall–Kier alpha value is -4.03. The molecule has 1 aliphatic heterocycles. The molecular weight excluding hydrogens is 458 g/mol. The summed E-state index contributed by atoms with van der Waals surface area (Å²) in [5.41, 5.74) is 8.98. The Kier molecular flexibility index (Phi) is 6.18. The molecule has 6 nitrogen and oxygen atoms in total. The molecule has 2 aliphatic carbocycles. The van der Waals surface area contributed by atoms with Crippen molar-refractivity contribution < 1.29 is 5.11 Å². The van der Waals surface area contributed by atoms with Gasteiger partial charge in [0, 0.05) is 11.9 Å². The number of aromatic nitrogens is 3. The third-order valence-electron chi connectivity index (χ3n) is 7.25. The second-order valence-corrected chi connectivity index (χ2v) is 9.98. The van der Waals surface area contributed by atoms with E-state index in [1.807, 2.05) is 25.1 Å². The van der Waals surface area contributed by atoms with Gasteiger partial charge in [0.1, 0.15) is 0 Å². The highest BCUT2D eigenvalue weighted by Gasteiger charge is 2.20. The highest BCUT2D eigenvalue weighted by molar-refractivity contribution is 5.84. The normalized spacial score (nSPS) is 18.4. The van der Waals surface area contributed by atoms with Gasteiger partial charge in [0.2, 0.25) is 0 Å². The maximum absolute atomic E-state index is 10.0. The van der Waals surface area contributed by atoms with Gasteiger partial charge in [0.25, 0.3) is 0 Å². The number of fused-ring (bicyclic) bond motifs is 2. The minimum absolute atomic E-state index is 0.178. The summed E-state index contributed by atoms with van der Waals surface area (Å²) in [6.07, 6.45) is 4.95. The molecule has 0 unspecified atom stereocenters. The molecule has 186 valence electrons. The van der Waals surface area contributed by atoms with E-state index in [9.17, 15) is 5.11 Å². The molecule has 3 aliphatic rings. The van der Waals surface area contributed by atoms with Crippen LogP contribution in [0, 0.1) is 13.8 Å². The van der Waals surface area contributed by atoms with Crippen molar-refractivity contribution in [3.63, 3.8) is 0 Å². The molecule has 0 amide bonds. The molecule has 0 bridgehead atoms. The summed E-state index contributed by atoms with van der Waals surface area (Å²) in [5, 5.41) is 14.5. The van der Waals surface area contributed by atoms with Crippen molar-refractivity contribution in [2.75, 3.05) is 5.32 Å². The predicted molar refractivity (Wildman–Crippen MR) is 149 cm³/mol. The van der Waals surface area contributed by atoms with Crippen molar-refractivity contribution >= 4 is 22.4 Å². The van der Waals surface area contributed by atoms with Crippen LogP contribution >= 0.6 is 0 Å². The second-order valence-electron chi connectivity index (χ2n) is 9.98. The smallest absolute Gasteiger partial charge is 0.0900 e. The number of pyridine rings is 1. The van der Waals surface area contributed by atoms with Crippen LogP contribution in [0.15, 0.2) is 84.0 Å². The number of nitrogens with one attached hydrogen (secondary N) is 1. The third kappa shape index (κ3) is 4.72. The fourth-order valence-electron chi connectivity index (χ4n) is 5.17. The predicted octanol–water partition coefficient (Wildman–Crippen LogP) is 6.09. The molecule has 2 aromatic carbocycles. The fourth-order valence-corrected chi connectivity index (χ4v) is 5.17. The van der Waals surface area contributed by atoms with Gasteiger partial charge in [-0.3, -0.25) is 9.98 Å². The van der Waals surface area contributed by atoms with Crippen LogP contribution in [0.4, 0.5) is 11.4 Å². The molecule has 0 spiro atoms. The monoisotopic (exact) mass is 489 g/mol. The van der Waals surface area contributed by atoms with Gasteiger partial charge in [-0.15, -0.1) is 0 Å². The van der Waals surface area contributed by atoms with Gasteiger partial charge in [-0.05, 0) is 88.1 Å². The van der Waals surface area contributed by atoms with Crippen LogP contribution in [0.3, 0.4) is 0 Å². The van der Waals surface area contributed by atoms with E-state index in [1.54, 1.807) is 6.20 Å². The Balaban J connectivity index is 1.61. The van der Waals surface area contributed by atoms with Crippen molar-refractivity contribution in [3.8, 4) is 17.1 Å².